The molecule has 0 saturated carbocycles. The summed E-state index contributed by atoms with van der Waals surface area (Å²) in [6.07, 6.45) is -1.51. The third-order valence-electron chi connectivity index (χ3n) is 2.45. The van der Waals surface area contributed by atoms with E-state index in [4.69, 9.17) is 0 Å². The van der Waals surface area contributed by atoms with E-state index in [-0.39, 0.29) is 12.4 Å². The summed E-state index contributed by atoms with van der Waals surface area (Å²) in [5.41, 5.74) is 0.331. The first-order valence-electron chi connectivity index (χ1n) is 6.43. The van der Waals surface area contributed by atoms with Gasteiger partial charge in [0.2, 0.25) is 5.88 Å². The lowest BCUT2D eigenvalue weighted by atomic mass is 10.4. The highest BCUT2D eigenvalue weighted by atomic mass is 32.1. The van der Waals surface area contributed by atoms with Gasteiger partial charge in [0.25, 0.3) is 0 Å². The van der Waals surface area contributed by atoms with E-state index in [2.05, 4.69) is 25.3 Å². The van der Waals surface area contributed by atoms with Crippen LogP contribution in [-0.4, -0.2) is 28.8 Å². The van der Waals surface area contributed by atoms with Crippen molar-refractivity contribution < 1.29 is 22.7 Å². The molecule has 2 amide bonds. The van der Waals surface area contributed by atoms with Crippen molar-refractivity contribution >= 4 is 23.1 Å². The Kier molecular flexibility index (Phi) is 5.37. The summed E-state index contributed by atoms with van der Waals surface area (Å²) in [5.74, 6) is -0.174. The summed E-state index contributed by atoms with van der Waals surface area (Å²) < 4.78 is 40.5. The molecule has 6 nitrogen and oxygen atoms in total. The number of ether oxygens (including phenoxy) is 1. The lowest BCUT2D eigenvalue weighted by Crippen LogP contribution is -2.28. The van der Waals surface area contributed by atoms with Gasteiger partial charge in [0, 0.05) is 17.1 Å². The molecule has 0 spiro atoms. The first kappa shape index (κ1) is 17.0. The van der Waals surface area contributed by atoms with E-state index in [1.54, 1.807) is 6.20 Å². The van der Waals surface area contributed by atoms with Gasteiger partial charge in [-0.2, -0.15) is 13.2 Å². The molecule has 2 heterocycles. The van der Waals surface area contributed by atoms with E-state index in [1.165, 1.54) is 29.7 Å². The van der Waals surface area contributed by atoms with Gasteiger partial charge in [-0.15, -0.1) is 11.3 Å². The van der Waals surface area contributed by atoms with Crippen LogP contribution in [0.4, 0.5) is 23.7 Å². The quantitative estimate of drug-likeness (QED) is 0.872. The predicted molar refractivity (Wildman–Crippen MR) is 78.5 cm³/mol. The van der Waals surface area contributed by atoms with Gasteiger partial charge in [0.1, 0.15) is 5.01 Å². The van der Waals surface area contributed by atoms with Crippen LogP contribution in [0.3, 0.4) is 0 Å². The minimum Gasteiger partial charge on any atom is -0.468 e. The number of rotatable bonds is 5. The molecular weight excluding hydrogens is 333 g/mol. The van der Waals surface area contributed by atoms with Crippen LogP contribution in [-0.2, 0) is 6.54 Å². The molecule has 0 radical (unpaired) electrons. The number of pyridine rings is 1. The van der Waals surface area contributed by atoms with Crippen LogP contribution in [0.5, 0.6) is 5.88 Å². The van der Waals surface area contributed by atoms with Gasteiger partial charge in [-0.3, -0.25) is 0 Å². The van der Waals surface area contributed by atoms with Crippen LogP contribution in [0.2, 0.25) is 0 Å². The van der Waals surface area contributed by atoms with E-state index in [0.717, 1.165) is 9.88 Å². The van der Waals surface area contributed by atoms with Crippen molar-refractivity contribution in [1.82, 2.24) is 15.3 Å². The number of anilines is 1. The smallest absolute Gasteiger partial charge is 0.422 e. The number of aryl methyl sites for hydroxylation is 1. The first-order chi connectivity index (χ1) is 10.8. The number of urea groups is 1. The molecule has 0 aliphatic heterocycles. The van der Waals surface area contributed by atoms with Crippen LogP contribution in [0.1, 0.15) is 9.88 Å². The van der Waals surface area contributed by atoms with Crippen molar-refractivity contribution in [3.8, 4) is 5.88 Å². The number of hydrogen-bond acceptors (Lipinski definition) is 5. The van der Waals surface area contributed by atoms with Crippen molar-refractivity contribution in [2.24, 2.45) is 0 Å². The van der Waals surface area contributed by atoms with Crippen molar-refractivity contribution in [2.75, 3.05) is 11.9 Å². The maximum atomic E-state index is 12.0. The SMILES string of the molecule is Cc1cnc(CNC(=O)Nc2ccc(OCC(F)(F)F)nc2)s1. The lowest BCUT2D eigenvalue weighted by molar-refractivity contribution is -0.154. The topological polar surface area (TPSA) is 76.1 Å². The number of carbonyl (C=O) groups is 1. The molecule has 2 N–H and O–H groups in total. The molecule has 0 atom stereocenters. The number of amides is 2. The second-order valence-corrected chi connectivity index (χ2v) is 5.78. The Morgan fingerprint density at radius 3 is 2.65 bits per heavy atom. The van der Waals surface area contributed by atoms with Gasteiger partial charge in [-0.25, -0.2) is 14.8 Å². The number of halogens is 3. The van der Waals surface area contributed by atoms with E-state index >= 15 is 0 Å². The normalized spacial score (nSPS) is 11.1. The fraction of sp³-hybridized carbons (Fsp3) is 0.308. The summed E-state index contributed by atoms with van der Waals surface area (Å²) in [5, 5.41) is 5.89. The standard InChI is InChI=1S/C13H13F3N4O2S/c1-8-4-18-11(23-8)6-19-12(21)20-9-2-3-10(17-5-9)22-7-13(14,15)16/h2-5H,6-7H2,1H3,(H2,19,20,21). The van der Waals surface area contributed by atoms with Crippen LogP contribution in [0.25, 0.3) is 0 Å². The van der Waals surface area contributed by atoms with Crippen LogP contribution in [0, 0.1) is 6.92 Å². The molecule has 10 heteroatoms. The third-order valence-corrected chi connectivity index (χ3v) is 3.36. The zero-order valence-corrected chi connectivity index (χ0v) is 12.8. The van der Waals surface area contributed by atoms with Gasteiger partial charge in [-0.1, -0.05) is 0 Å². The Morgan fingerprint density at radius 2 is 2.09 bits per heavy atom. The number of nitrogens with zero attached hydrogens (tertiary/aromatic N) is 2. The highest BCUT2D eigenvalue weighted by Gasteiger charge is 2.28. The number of carbonyl (C=O) groups excluding carboxylic acids is 1. The maximum Gasteiger partial charge on any atom is 0.422 e. The molecule has 124 valence electrons. The second-order valence-electron chi connectivity index (χ2n) is 4.46. The van der Waals surface area contributed by atoms with E-state index in [0.29, 0.717) is 5.69 Å². The van der Waals surface area contributed by atoms with Gasteiger partial charge < -0.3 is 15.4 Å². The first-order valence-corrected chi connectivity index (χ1v) is 7.25. The lowest BCUT2D eigenvalue weighted by Gasteiger charge is -2.09. The Balaban J connectivity index is 1.79. The summed E-state index contributed by atoms with van der Waals surface area (Å²) in [6.45, 7) is 0.778. The Bertz CT molecular complexity index is 658. The molecule has 23 heavy (non-hydrogen) atoms. The van der Waals surface area contributed by atoms with Crippen LogP contribution < -0.4 is 15.4 Å². The third kappa shape index (κ3) is 6.10. The molecule has 0 saturated heterocycles. The molecule has 2 rings (SSSR count). The number of aromatic nitrogens is 2. The van der Waals surface area contributed by atoms with Crippen molar-refractivity contribution in [3.05, 3.63) is 34.4 Å². The fourth-order valence-electron chi connectivity index (χ4n) is 1.51. The van der Waals surface area contributed by atoms with Gasteiger partial charge in [-0.05, 0) is 13.0 Å². The molecular formula is C13H13F3N4O2S. The summed E-state index contributed by atoms with van der Waals surface area (Å²) in [4.78, 5) is 20.5. The largest absolute Gasteiger partial charge is 0.468 e. The molecule has 2 aromatic rings. The fourth-order valence-corrected chi connectivity index (χ4v) is 2.24. The molecule has 0 bridgehead atoms. The van der Waals surface area contributed by atoms with E-state index < -0.39 is 18.8 Å². The van der Waals surface area contributed by atoms with Crippen molar-refractivity contribution in [2.45, 2.75) is 19.6 Å². The Morgan fingerprint density at radius 1 is 1.30 bits per heavy atom. The minimum atomic E-state index is -4.42. The number of nitrogens with one attached hydrogen (secondary N) is 2. The molecule has 0 aliphatic rings. The van der Waals surface area contributed by atoms with Crippen LogP contribution >= 0.6 is 11.3 Å². The zero-order valence-electron chi connectivity index (χ0n) is 12.0. The average molecular weight is 346 g/mol. The molecule has 0 unspecified atom stereocenters. The maximum absolute atomic E-state index is 12.0. The highest BCUT2D eigenvalue weighted by Crippen LogP contribution is 2.18. The van der Waals surface area contributed by atoms with Gasteiger partial charge in [0.15, 0.2) is 6.61 Å². The molecule has 0 aromatic carbocycles. The molecule has 0 fully saturated rings. The summed E-state index contributed by atoms with van der Waals surface area (Å²) in [6, 6.07) is 2.17. The number of alkyl halides is 3. The predicted octanol–water partition coefficient (Wildman–Crippen LogP) is 3.11. The van der Waals surface area contributed by atoms with E-state index in [9.17, 15) is 18.0 Å². The minimum absolute atomic E-state index is 0.174. The Hall–Kier alpha value is -2.36. The number of hydrogen-bond donors (Lipinski definition) is 2. The molecule has 2 aromatic heterocycles. The monoisotopic (exact) mass is 346 g/mol. The number of thiazole rings is 1. The highest BCUT2D eigenvalue weighted by molar-refractivity contribution is 7.11. The van der Waals surface area contributed by atoms with Gasteiger partial charge in [0.05, 0.1) is 18.4 Å². The second kappa shape index (κ2) is 7.27. The molecule has 0 aliphatic carbocycles. The summed E-state index contributed by atoms with van der Waals surface area (Å²) >= 11 is 1.47. The zero-order chi connectivity index (χ0) is 16.9. The van der Waals surface area contributed by atoms with Crippen LogP contribution in [0.15, 0.2) is 24.5 Å². The van der Waals surface area contributed by atoms with E-state index in [1.807, 2.05) is 6.92 Å². The summed E-state index contributed by atoms with van der Waals surface area (Å²) in [7, 11) is 0. The average Bonchev–Trinajstić information content (AvgIpc) is 2.89. The Labute approximate surface area is 133 Å². The van der Waals surface area contributed by atoms with Gasteiger partial charge >= 0.3 is 12.2 Å². The van der Waals surface area contributed by atoms with Crippen molar-refractivity contribution in [3.63, 3.8) is 0 Å². The van der Waals surface area contributed by atoms with Crippen molar-refractivity contribution in [1.29, 1.82) is 0 Å².